The number of nitrogens with two attached hydrogens (primary N) is 1. The van der Waals surface area contributed by atoms with E-state index in [2.05, 4.69) is 20.9 Å². The molecule has 1 aliphatic rings. The van der Waals surface area contributed by atoms with E-state index in [0.29, 0.717) is 0 Å². The van der Waals surface area contributed by atoms with Crippen LogP contribution in [0.5, 0.6) is 0 Å². The van der Waals surface area contributed by atoms with Gasteiger partial charge in [-0.05, 0) is 19.1 Å². The highest BCUT2D eigenvalue weighted by atomic mass is 79.9. The lowest BCUT2D eigenvalue weighted by Gasteiger charge is -2.22. The monoisotopic (exact) mass is 328 g/mol. The molecule has 1 aromatic carbocycles. The number of nitrogens with zero attached hydrogens (tertiary/aromatic N) is 1. The SMILES string of the molecule is COC1SC(c2ccc(Br)cc2)=N[C@]1(C)C(N)=O. The maximum absolute atomic E-state index is 11.5. The highest BCUT2D eigenvalue weighted by Crippen LogP contribution is 2.38. The molecule has 1 amide bonds. The number of amides is 1. The molecule has 1 heterocycles. The summed E-state index contributed by atoms with van der Waals surface area (Å²) >= 11 is 4.80. The van der Waals surface area contributed by atoms with Gasteiger partial charge in [-0.1, -0.05) is 39.8 Å². The van der Waals surface area contributed by atoms with Crippen molar-refractivity contribution in [3.63, 3.8) is 0 Å². The minimum atomic E-state index is -1.01. The number of rotatable bonds is 3. The Balaban J connectivity index is 2.36. The van der Waals surface area contributed by atoms with E-state index in [1.165, 1.54) is 11.8 Å². The fourth-order valence-electron chi connectivity index (χ4n) is 1.68. The second kappa shape index (κ2) is 5.03. The van der Waals surface area contributed by atoms with E-state index in [-0.39, 0.29) is 5.44 Å². The second-order valence-corrected chi connectivity index (χ2v) is 6.09. The van der Waals surface area contributed by atoms with Gasteiger partial charge in [-0.3, -0.25) is 9.79 Å². The molecule has 2 N–H and O–H groups in total. The molecule has 1 aromatic rings. The van der Waals surface area contributed by atoms with Crippen LogP contribution in [0.4, 0.5) is 0 Å². The molecule has 18 heavy (non-hydrogen) atoms. The first kappa shape index (κ1) is 13.6. The number of methoxy groups -OCH3 is 1. The zero-order valence-electron chi connectivity index (χ0n) is 10.0. The summed E-state index contributed by atoms with van der Waals surface area (Å²) in [7, 11) is 1.55. The van der Waals surface area contributed by atoms with Crippen LogP contribution in [0.25, 0.3) is 0 Å². The fraction of sp³-hybridized carbons (Fsp3) is 0.333. The molecule has 6 heteroatoms. The number of carbonyl (C=O) groups is 1. The Labute approximate surface area is 118 Å². The number of hydrogen-bond acceptors (Lipinski definition) is 4. The highest BCUT2D eigenvalue weighted by Gasteiger charge is 2.46. The number of primary amides is 1. The summed E-state index contributed by atoms with van der Waals surface area (Å²) in [6.07, 6.45) is 0. The van der Waals surface area contributed by atoms with Crippen molar-refractivity contribution >= 4 is 38.6 Å². The lowest BCUT2D eigenvalue weighted by Crippen LogP contribution is -2.46. The standard InChI is InChI=1S/C12H13BrN2O2S/c1-12(10(14)16)11(17-2)18-9(15-12)7-3-5-8(13)6-4-7/h3-6,11H,1-2H3,(H2,14,16)/t11?,12-/m1/s1. The molecular formula is C12H13BrN2O2S. The Kier molecular flexibility index (Phi) is 3.79. The zero-order valence-corrected chi connectivity index (χ0v) is 12.4. The number of ether oxygens (including phenoxy) is 1. The summed E-state index contributed by atoms with van der Waals surface area (Å²) in [6, 6.07) is 7.74. The lowest BCUT2D eigenvalue weighted by atomic mass is 10.0. The first-order valence-corrected chi connectivity index (χ1v) is 7.00. The van der Waals surface area contributed by atoms with Crippen molar-refractivity contribution in [1.29, 1.82) is 0 Å². The minimum Gasteiger partial charge on any atom is -0.367 e. The third-order valence-electron chi connectivity index (χ3n) is 2.82. The average molecular weight is 329 g/mol. The molecule has 1 aliphatic heterocycles. The summed E-state index contributed by atoms with van der Waals surface area (Å²) in [5.41, 5.74) is 4.98. The molecule has 0 bridgehead atoms. The van der Waals surface area contributed by atoms with Crippen molar-refractivity contribution in [2.45, 2.75) is 17.9 Å². The summed E-state index contributed by atoms with van der Waals surface area (Å²) in [6.45, 7) is 1.70. The van der Waals surface area contributed by atoms with Crippen LogP contribution in [-0.2, 0) is 9.53 Å². The molecule has 2 rings (SSSR count). The Morgan fingerprint density at radius 3 is 2.56 bits per heavy atom. The third kappa shape index (κ3) is 2.32. The average Bonchev–Trinajstić information content (AvgIpc) is 2.69. The van der Waals surface area contributed by atoms with E-state index >= 15 is 0 Å². The van der Waals surface area contributed by atoms with Gasteiger partial charge in [-0.2, -0.15) is 0 Å². The van der Waals surface area contributed by atoms with Crippen molar-refractivity contribution in [2.75, 3.05) is 7.11 Å². The van der Waals surface area contributed by atoms with Gasteiger partial charge >= 0.3 is 0 Å². The molecule has 0 aromatic heterocycles. The largest absolute Gasteiger partial charge is 0.367 e. The molecule has 0 saturated carbocycles. The van der Waals surface area contributed by atoms with Crippen molar-refractivity contribution in [3.8, 4) is 0 Å². The third-order valence-corrected chi connectivity index (χ3v) is 4.76. The van der Waals surface area contributed by atoms with Crippen LogP contribution in [0.2, 0.25) is 0 Å². The van der Waals surface area contributed by atoms with Crippen molar-refractivity contribution in [1.82, 2.24) is 0 Å². The summed E-state index contributed by atoms with van der Waals surface area (Å²) in [5, 5.41) is 0.774. The molecule has 0 spiro atoms. The predicted molar refractivity (Wildman–Crippen MR) is 76.7 cm³/mol. The van der Waals surface area contributed by atoms with Gasteiger partial charge in [0.05, 0.1) is 0 Å². The molecule has 4 nitrogen and oxygen atoms in total. The normalized spacial score (nSPS) is 27.1. The van der Waals surface area contributed by atoms with Crippen molar-refractivity contribution in [2.24, 2.45) is 10.7 Å². The van der Waals surface area contributed by atoms with E-state index in [9.17, 15) is 4.79 Å². The molecule has 0 fully saturated rings. The number of halogens is 1. The number of benzene rings is 1. The van der Waals surface area contributed by atoms with Gasteiger partial charge in [0.15, 0.2) is 5.54 Å². The molecule has 1 unspecified atom stereocenters. The summed E-state index contributed by atoms with van der Waals surface area (Å²) < 4.78 is 6.30. The van der Waals surface area contributed by atoms with Crippen molar-refractivity contribution < 1.29 is 9.53 Å². The maximum Gasteiger partial charge on any atom is 0.248 e. The quantitative estimate of drug-likeness (QED) is 0.924. The minimum absolute atomic E-state index is 0.381. The predicted octanol–water partition coefficient (Wildman–Crippen LogP) is 2.16. The Bertz CT molecular complexity index is 503. The molecule has 2 atom stereocenters. The maximum atomic E-state index is 11.5. The van der Waals surface area contributed by atoms with Crippen LogP contribution in [0, 0.1) is 0 Å². The molecule has 96 valence electrons. The second-order valence-electron chi connectivity index (χ2n) is 4.12. The number of hydrogen-bond donors (Lipinski definition) is 1. The van der Waals surface area contributed by atoms with Crippen LogP contribution < -0.4 is 5.73 Å². The van der Waals surface area contributed by atoms with Gasteiger partial charge in [0.1, 0.15) is 10.5 Å². The highest BCUT2D eigenvalue weighted by molar-refractivity contribution is 9.10. The van der Waals surface area contributed by atoms with E-state index in [0.717, 1.165) is 15.1 Å². The van der Waals surface area contributed by atoms with E-state index in [4.69, 9.17) is 10.5 Å². The Hall–Kier alpha value is -0.850. The first-order chi connectivity index (χ1) is 8.47. The molecule has 0 radical (unpaired) electrons. The topological polar surface area (TPSA) is 64.7 Å². The summed E-state index contributed by atoms with van der Waals surface area (Å²) in [5.74, 6) is -0.478. The van der Waals surface area contributed by atoms with Gasteiger partial charge in [-0.15, -0.1) is 0 Å². The van der Waals surface area contributed by atoms with Gasteiger partial charge in [-0.25, -0.2) is 0 Å². The van der Waals surface area contributed by atoms with E-state index in [1.807, 2.05) is 24.3 Å². The molecule has 0 saturated heterocycles. The zero-order chi connectivity index (χ0) is 13.3. The molecule has 0 aliphatic carbocycles. The number of carbonyl (C=O) groups excluding carboxylic acids is 1. The van der Waals surface area contributed by atoms with Crippen LogP contribution in [0.3, 0.4) is 0 Å². The smallest absolute Gasteiger partial charge is 0.248 e. The number of aliphatic imine (C=N–C) groups is 1. The van der Waals surface area contributed by atoms with Gasteiger partial charge in [0.25, 0.3) is 0 Å². The molecular weight excluding hydrogens is 316 g/mol. The van der Waals surface area contributed by atoms with Gasteiger partial charge in [0.2, 0.25) is 5.91 Å². The van der Waals surface area contributed by atoms with Crippen LogP contribution >= 0.6 is 27.7 Å². The number of thioether (sulfide) groups is 1. The van der Waals surface area contributed by atoms with E-state index < -0.39 is 11.4 Å². The first-order valence-electron chi connectivity index (χ1n) is 5.32. The van der Waals surface area contributed by atoms with Crippen LogP contribution in [0.15, 0.2) is 33.7 Å². The van der Waals surface area contributed by atoms with E-state index in [1.54, 1.807) is 14.0 Å². The Morgan fingerprint density at radius 2 is 2.11 bits per heavy atom. The Morgan fingerprint density at radius 1 is 1.50 bits per heavy atom. The van der Waals surface area contributed by atoms with Crippen LogP contribution in [-0.4, -0.2) is 29.0 Å². The van der Waals surface area contributed by atoms with Crippen molar-refractivity contribution in [3.05, 3.63) is 34.3 Å². The van der Waals surface area contributed by atoms with Crippen LogP contribution in [0.1, 0.15) is 12.5 Å². The fourth-order valence-corrected chi connectivity index (χ4v) is 3.16. The van der Waals surface area contributed by atoms with Gasteiger partial charge in [0, 0.05) is 17.1 Å². The summed E-state index contributed by atoms with van der Waals surface area (Å²) in [4.78, 5) is 16.0. The van der Waals surface area contributed by atoms with Gasteiger partial charge < -0.3 is 10.5 Å². The lowest BCUT2D eigenvalue weighted by molar-refractivity contribution is -0.124.